The molecule has 0 radical (unpaired) electrons. The zero-order chi connectivity index (χ0) is 15.8. The standard InChI is InChI=1S/C18H15BrN4/c1-11-14-7-2-3-8-15(14)20-23-18(11)17-10-16(21-22-17)12-5-4-6-13(19)9-12/h2-9,16,21H,10H2,1H3. The Balaban J connectivity index is 1.66. The highest BCUT2D eigenvalue weighted by Gasteiger charge is 2.24. The minimum Gasteiger partial charge on any atom is -0.302 e. The number of aryl methyl sites for hydroxylation is 1. The molecule has 23 heavy (non-hydrogen) atoms. The Kier molecular flexibility index (Phi) is 3.58. The smallest absolute Gasteiger partial charge is 0.113 e. The van der Waals surface area contributed by atoms with Crippen molar-refractivity contribution in [2.24, 2.45) is 5.10 Å². The number of hydrazone groups is 1. The van der Waals surface area contributed by atoms with Gasteiger partial charge in [-0.25, -0.2) is 0 Å². The van der Waals surface area contributed by atoms with E-state index in [1.54, 1.807) is 0 Å². The lowest BCUT2D eigenvalue weighted by Gasteiger charge is -2.10. The Morgan fingerprint density at radius 3 is 2.83 bits per heavy atom. The minimum atomic E-state index is 0.176. The number of nitrogens with one attached hydrogen (secondary N) is 1. The fourth-order valence-corrected chi connectivity index (χ4v) is 3.38. The van der Waals surface area contributed by atoms with E-state index in [2.05, 4.69) is 61.8 Å². The number of hydrogen-bond donors (Lipinski definition) is 1. The Labute approximate surface area is 142 Å². The number of halogens is 1. The normalized spacial score (nSPS) is 17.1. The van der Waals surface area contributed by atoms with Gasteiger partial charge in [-0.15, -0.1) is 10.2 Å². The molecule has 0 aliphatic carbocycles. The van der Waals surface area contributed by atoms with E-state index in [1.165, 1.54) is 5.56 Å². The number of fused-ring (bicyclic) bond motifs is 1. The van der Waals surface area contributed by atoms with E-state index in [0.29, 0.717) is 0 Å². The largest absolute Gasteiger partial charge is 0.302 e. The highest BCUT2D eigenvalue weighted by molar-refractivity contribution is 9.10. The van der Waals surface area contributed by atoms with Crippen LogP contribution in [0, 0.1) is 6.92 Å². The maximum atomic E-state index is 4.51. The fourth-order valence-electron chi connectivity index (χ4n) is 2.96. The van der Waals surface area contributed by atoms with Gasteiger partial charge < -0.3 is 5.43 Å². The van der Waals surface area contributed by atoms with Crippen LogP contribution >= 0.6 is 15.9 Å². The third-order valence-electron chi connectivity index (χ3n) is 4.20. The first-order valence-electron chi connectivity index (χ1n) is 7.52. The molecule has 2 heterocycles. The number of benzene rings is 2. The number of rotatable bonds is 2. The first-order chi connectivity index (χ1) is 11.2. The van der Waals surface area contributed by atoms with Gasteiger partial charge in [0.15, 0.2) is 0 Å². The molecule has 0 fully saturated rings. The van der Waals surface area contributed by atoms with Crippen molar-refractivity contribution < 1.29 is 0 Å². The third kappa shape index (κ3) is 2.61. The summed E-state index contributed by atoms with van der Waals surface area (Å²) in [7, 11) is 0. The Bertz CT molecular complexity index is 920. The summed E-state index contributed by atoms with van der Waals surface area (Å²) in [6, 6.07) is 16.5. The Morgan fingerprint density at radius 2 is 1.96 bits per heavy atom. The van der Waals surface area contributed by atoms with E-state index in [4.69, 9.17) is 0 Å². The molecule has 114 valence electrons. The maximum Gasteiger partial charge on any atom is 0.113 e. The Hall–Kier alpha value is -2.27. The first-order valence-corrected chi connectivity index (χ1v) is 8.31. The van der Waals surface area contributed by atoms with Crippen molar-refractivity contribution in [3.05, 3.63) is 69.8 Å². The van der Waals surface area contributed by atoms with Crippen LogP contribution in [0.1, 0.15) is 29.3 Å². The first kappa shape index (κ1) is 14.3. The second-order valence-corrected chi connectivity index (χ2v) is 6.61. The summed E-state index contributed by atoms with van der Waals surface area (Å²) in [5, 5.41) is 14.4. The molecule has 3 aromatic rings. The Morgan fingerprint density at radius 1 is 1.09 bits per heavy atom. The van der Waals surface area contributed by atoms with Gasteiger partial charge in [0.05, 0.1) is 17.3 Å². The van der Waals surface area contributed by atoms with E-state index in [1.807, 2.05) is 30.3 Å². The van der Waals surface area contributed by atoms with E-state index in [-0.39, 0.29) is 6.04 Å². The van der Waals surface area contributed by atoms with Crippen molar-refractivity contribution in [1.29, 1.82) is 0 Å². The van der Waals surface area contributed by atoms with Crippen LogP contribution in [0.25, 0.3) is 10.9 Å². The van der Waals surface area contributed by atoms with Crippen LogP contribution < -0.4 is 5.43 Å². The minimum absolute atomic E-state index is 0.176. The van der Waals surface area contributed by atoms with E-state index in [0.717, 1.165) is 38.8 Å². The molecule has 0 amide bonds. The van der Waals surface area contributed by atoms with Crippen molar-refractivity contribution >= 4 is 32.5 Å². The molecule has 1 atom stereocenters. The van der Waals surface area contributed by atoms with Gasteiger partial charge in [-0.3, -0.25) is 0 Å². The summed E-state index contributed by atoms with van der Waals surface area (Å²) in [4.78, 5) is 0. The number of aromatic nitrogens is 2. The summed E-state index contributed by atoms with van der Waals surface area (Å²) in [5.74, 6) is 0. The van der Waals surface area contributed by atoms with E-state index >= 15 is 0 Å². The van der Waals surface area contributed by atoms with E-state index < -0.39 is 0 Å². The van der Waals surface area contributed by atoms with Gasteiger partial charge >= 0.3 is 0 Å². The predicted octanol–water partition coefficient (Wildman–Crippen LogP) is 4.14. The molecule has 0 saturated heterocycles. The summed E-state index contributed by atoms with van der Waals surface area (Å²) >= 11 is 3.52. The molecule has 1 aliphatic rings. The zero-order valence-corrected chi connectivity index (χ0v) is 14.2. The SMILES string of the molecule is Cc1c(C2=NNC(c3cccc(Br)c3)C2)nnc2ccccc12. The van der Waals surface area contributed by atoms with Crippen LogP contribution in [-0.2, 0) is 0 Å². The molecule has 4 rings (SSSR count). The lowest BCUT2D eigenvalue weighted by atomic mass is 9.99. The zero-order valence-electron chi connectivity index (χ0n) is 12.6. The van der Waals surface area contributed by atoms with Crippen LogP contribution in [0.15, 0.2) is 58.1 Å². The quantitative estimate of drug-likeness (QED) is 0.741. The molecule has 0 saturated carbocycles. The van der Waals surface area contributed by atoms with Crippen LogP contribution in [0.4, 0.5) is 0 Å². The molecule has 0 spiro atoms. The van der Waals surface area contributed by atoms with Gasteiger partial charge in [-0.05, 0) is 36.2 Å². The van der Waals surface area contributed by atoms with Crippen molar-refractivity contribution in [1.82, 2.24) is 15.6 Å². The molecule has 1 N–H and O–H groups in total. The van der Waals surface area contributed by atoms with Gasteiger partial charge in [0.2, 0.25) is 0 Å². The van der Waals surface area contributed by atoms with Crippen molar-refractivity contribution in [2.75, 3.05) is 0 Å². The molecular formula is C18H15BrN4. The van der Waals surface area contributed by atoms with Gasteiger partial charge in [0.1, 0.15) is 5.69 Å². The topological polar surface area (TPSA) is 50.2 Å². The van der Waals surface area contributed by atoms with Gasteiger partial charge in [-0.2, -0.15) is 5.10 Å². The summed E-state index contributed by atoms with van der Waals surface area (Å²) in [6.07, 6.45) is 0.810. The molecule has 1 unspecified atom stereocenters. The van der Waals surface area contributed by atoms with Crippen LogP contribution in [0.3, 0.4) is 0 Å². The second kappa shape index (κ2) is 5.74. The monoisotopic (exact) mass is 366 g/mol. The number of nitrogens with zero attached hydrogens (tertiary/aromatic N) is 3. The third-order valence-corrected chi connectivity index (χ3v) is 4.69. The van der Waals surface area contributed by atoms with Crippen molar-refractivity contribution in [3.8, 4) is 0 Å². The number of hydrogen-bond acceptors (Lipinski definition) is 4. The highest BCUT2D eigenvalue weighted by Crippen LogP contribution is 2.28. The fraction of sp³-hybridized carbons (Fsp3) is 0.167. The van der Waals surface area contributed by atoms with Gasteiger partial charge in [-0.1, -0.05) is 46.3 Å². The van der Waals surface area contributed by atoms with Crippen LogP contribution in [0.5, 0.6) is 0 Å². The average molecular weight is 367 g/mol. The molecule has 5 heteroatoms. The second-order valence-electron chi connectivity index (χ2n) is 5.69. The molecule has 2 aromatic carbocycles. The maximum absolute atomic E-state index is 4.51. The van der Waals surface area contributed by atoms with Crippen LogP contribution in [-0.4, -0.2) is 15.9 Å². The van der Waals surface area contributed by atoms with Crippen LogP contribution in [0.2, 0.25) is 0 Å². The van der Waals surface area contributed by atoms with E-state index in [9.17, 15) is 0 Å². The predicted molar refractivity (Wildman–Crippen MR) is 95.4 cm³/mol. The highest BCUT2D eigenvalue weighted by atomic mass is 79.9. The summed E-state index contributed by atoms with van der Waals surface area (Å²) in [5.41, 5.74) is 8.33. The molecule has 0 bridgehead atoms. The van der Waals surface area contributed by atoms with Gasteiger partial charge in [0.25, 0.3) is 0 Å². The average Bonchev–Trinajstić information content (AvgIpc) is 3.05. The van der Waals surface area contributed by atoms with Gasteiger partial charge in [0, 0.05) is 16.3 Å². The molecular weight excluding hydrogens is 352 g/mol. The lowest BCUT2D eigenvalue weighted by molar-refractivity contribution is 0.619. The molecule has 1 aromatic heterocycles. The summed E-state index contributed by atoms with van der Waals surface area (Å²) in [6.45, 7) is 2.08. The van der Waals surface area contributed by atoms with Crippen molar-refractivity contribution in [3.63, 3.8) is 0 Å². The molecule has 4 nitrogen and oxygen atoms in total. The molecule has 1 aliphatic heterocycles. The summed E-state index contributed by atoms with van der Waals surface area (Å²) < 4.78 is 1.08. The lowest BCUT2D eigenvalue weighted by Crippen LogP contribution is -2.10. The van der Waals surface area contributed by atoms with Crippen molar-refractivity contribution in [2.45, 2.75) is 19.4 Å².